The van der Waals surface area contributed by atoms with Crippen molar-refractivity contribution < 1.29 is 4.79 Å². The zero-order valence-electron chi connectivity index (χ0n) is 11.4. The fourth-order valence-electron chi connectivity index (χ4n) is 2.46. The van der Waals surface area contributed by atoms with E-state index in [2.05, 4.69) is 24.5 Å². The number of carbonyl (C=O) groups is 1. The Morgan fingerprint density at radius 1 is 1.24 bits per heavy atom. The van der Waals surface area contributed by atoms with E-state index in [1.807, 2.05) is 0 Å². The minimum absolute atomic E-state index is 0.190. The van der Waals surface area contributed by atoms with Crippen LogP contribution in [0.2, 0.25) is 0 Å². The Bertz CT molecular complexity index is 218. The summed E-state index contributed by atoms with van der Waals surface area (Å²) in [7, 11) is 0. The van der Waals surface area contributed by atoms with Gasteiger partial charge in [-0.05, 0) is 26.3 Å². The summed E-state index contributed by atoms with van der Waals surface area (Å²) in [4.78, 5) is 11.8. The van der Waals surface area contributed by atoms with Gasteiger partial charge in [0.05, 0.1) is 5.92 Å². The van der Waals surface area contributed by atoms with Crippen LogP contribution in [0.1, 0.15) is 58.8 Å². The second-order valence-corrected chi connectivity index (χ2v) is 5.20. The third-order valence-corrected chi connectivity index (χ3v) is 3.69. The lowest BCUT2D eigenvalue weighted by molar-refractivity contribution is -0.125. The number of hydrogen-bond acceptors (Lipinski definition) is 2. The molecule has 1 rings (SSSR count). The summed E-state index contributed by atoms with van der Waals surface area (Å²) in [5.41, 5.74) is 0. The minimum Gasteiger partial charge on any atom is -0.356 e. The quantitative estimate of drug-likeness (QED) is 0.640. The van der Waals surface area contributed by atoms with Crippen LogP contribution >= 0.6 is 0 Å². The molecule has 1 aliphatic rings. The molecule has 2 N–H and O–H groups in total. The van der Waals surface area contributed by atoms with Crippen LogP contribution in [0.5, 0.6) is 0 Å². The monoisotopic (exact) mass is 240 g/mol. The van der Waals surface area contributed by atoms with Crippen LogP contribution in [0, 0.1) is 5.92 Å². The highest BCUT2D eigenvalue weighted by atomic mass is 16.1. The molecule has 2 atom stereocenters. The van der Waals surface area contributed by atoms with E-state index < -0.39 is 0 Å². The maximum absolute atomic E-state index is 11.8. The van der Waals surface area contributed by atoms with Gasteiger partial charge in [-0.1, -0.05) is 39.0 Å². The highest BCUT2D eigenvalue weighted by molar-refractivity contribution is 5.79. The van der Waals surface area contributed by atoms with Crippen molar-refractivity contribution in [2.24, 2.45) is 5.92 Å². The first-order valence-corrected chi connectivity index (χ1v) is 7.26. The van der Waals surface area contributed by atoms with Crippen LogP contribution in [0.4, 0.5) is 0 Å². The molecule has 1 fully saturated rings. The zero-order chi connectivity index (χ0) is 12.5. The minimum atomic E-state index is 0.190. The number of rotatable bonds is 8. The molecule has 0 radical (unpaired) electrons. The molecule has 0 aromatic carbocycles. The van der Waals surface area contributed by atoms with Crippen molar-refractivity contribution in [3.8, 4) is 0 Å². The molecular formula is C14H28N2O. The first kappa shape index (κ1) is 14.5. The van der Waals surface area contributed by atoms with E-state index in [1.165, 1.54) is 32.1 Å². The first-order valence-electron chi connectivity index (χ1n) is 7.26. The van der Waals surface area contributed by atoms with Crippen LogP contribution < -0.4 is 10.6 Å². The summed E-state index contributed by atoms with van der Waals surface area (Å²) in [6.07, 6.45) is 8.66. The van der Waals surface area contributed by atoms with Gasteiger partial charge in [-0.15, -0.1) is 0 Å². The number of unbranched alkanes of at least 4 members (excludes halogenated alkanes) is 5. The van der Waals surface area contributed by atoms with Gasteiger partial charge in [-0.3, -0.25) is 4.79 Å². The Morgan fingerprint density at radius 3 is 2.59 bits per heavy atom. The van der Waals surface area contributed by atoms with Gasteiger partial charge in [-0.25, -0.2) is 0 Å². The molecule has 2 unspecified atom stereocenters. The summed E-state index contributed by atoms with van der Waals surface area (Å²) in [5, 5.41) is 6.38. The molecule has 0 aromatic rings. The molecule has 0 bridgehead atoms. The Morgan fingerprint density at radius 2 is 1.94 bits per heavy atom. The standard InChI is InChI=1S/C14H28N2O/c1-3-4-5-6-7-8-10-16-14(17)13-9-11-15-12(13)2/h12-13,15H,3-11H2,1-2H3,(H,16,17). The molecule has 0 aliphatic carbocycles. The molecular weight excluding hydrogens is 212 g/mol. The van der Waals surface area contributed by atoms with Crippen molar-refractivity contribution in [3.63, 3.8) is 0 Å². The van der Waals surface area contributed by atoms with Gasteiger partial charge in [0.25, 0.3) is 0 Å². The third kappa shape index (κ3) is 5.53. The van der Waals surface area contributed by atoms with E-state index in [0.29, 0.717) is 6.04 Å². The second kappa shape index (κ2) is 8.51. The summed E-state index contributed by atoms with van der Waals surface area (Å²) < 4.78 is 0. The lowest BCUT2D eigenvalue weighted by Crippen LogP contribution is -2.37. The molecule has 1 saturated heterocycles. The van der Waals surface area contributed by atoms with Gasteiger partial charge in [0.15, 0.2) is 0 Å². The average molecular weight is 240 g/mol. The molecule has 1 heterocycles. The maximum Gasteiger partial charge on any atom is 0.224 e. The lowest BCUT2D eigenvalue weighted by atomic mass is 10.0. The zero-order valence-corrected chi connectivity index (χ0v) is 11.4. The lowest BCUT2D eigenvalue weighted by Gasteiger charge is -2.14. The van der Waals surface area contributed by atoms with Crippen molar-refractivity contribution in [3.05, 3.63) is 0 Å². The fourth-order valence-corrected chi connectivity index (χ4v) is 2.46. The van der Waals surface area contributed by atoms with Crippen molar-refractivity contribution >= 4 is 5.91 Å². The second-order valence-electron chi connectivity index (χ2n) is 5.20. The Labute approximate surface area is 106 Å². The number of carbonyl (C=O) groups excluding carboxylic acids is 1. The number of amides is 1. The van der Waals surface area contributed by atoms with Gasteiger partial charge >= 0.3 is 0 Å². The van der Waals surface area contributed by atoms with E-state index in [4.69, 9.17) is 0 Å². The van der Waals surface area contributed by atoms with E-state index in [9.17, 15) is 4.79 Å². The smallest absolute Gasteiger partial charge is 0.224 e. The molecule has 1 aliphatic heterocycles. The highest BCUT2D eigenvalue weighted by Gasteiger charge is 2.28. The highest BCUT2D eigenvalue weighted by Crippen LogP contribution is 2.14. The topological polar surface area (TPSA) is 41.1 Å². The third-order valence-electron chi connectivity index (χ3n) is 3.69. The van der Waals surface area contributed by atoms with Gasteiger partial charge in [0, 0.05) is 12.6 Å². The van der Waals surface area contributed by atoms with Crippen LogP contribution in [-0.4, -0.2) is 25.0 Å². The van der Waals surface area contributed by atoms with Crippen molar-refractivity contribution in [2.45, 2.75) is 64.8 Å². The molecule has 3 heteroatoms. The Kier molecular flexibility index (Phi) is 7.25. The largest absolute Gasteiger partial charge is 0.356 e. The predicted octanol–water partition coefficient (Wildman–Crippen LogP) is 2.46. The van der Waals surface area contributed by atoms with Crippen LogP contribution in [0.25, 0.3) is 0 Å². The molecule has 1 amide bonds. The number of hydrogen-bond donors (Lipinski definition) is 2. The molecule has 3 nitrogen and oxygen atoms in total. The van der Waals surface area contributed by atoms with Gasteiger partial charge in [-0.2, -0.15) is 0 Å². The van der Waals surface area contributed by atoms with Crippen molar-refractivity contribution in [2.75, 3.05) is 13.1 Å². The molecule has 0 saturated carbocycles. The SMILES string of the molecule is CCCCCCCCNC(=O)C1CCNC1C. The van der Waals surface area contributed by atoms with Crippen molar-refractivity contribution in [1.29, 1.82) is 0 Å². The summed E-state index contributed by atoms with van der Waals surface area (Å²) >= 11 is 0. The average Bonchev–Trinajstić information content (AvgIpc) is 2.74. The van der Waals surface area contributed by atoms with E-state index in [0.717, 1.165) is 25.9 Å². The van der Waals surface area contributed by atoms with Crippen LogP contribution in [-0.2, 0) is 4.79 Å². The summed E-state index contributed by atoms with van der Waals surface area (Å²) in [6.45, 7) is 6.17. The Balaban J connectivity index is 1.97. The summed E-state index contributed by atoms with van der Waals surface area (Å²) in [6, 6.07) is 0.347. The van der Waals surface area contributed by atoms with Crippen LogP contribution in [0.15, 0.2) is 0 Å². The van der Waals surface area contributed by atoms with E-state index >= 15 is 0 Å². The maximum atomic E-state index is 11.8. The fraction of sp³-hybridized carbons (Fsp3) is 0.929. The van der Waals surface area contributed by atoms with Crippen molar-refractivity contribution in [1.82, 2.24) is 10.6 Å². The molecule has 100 valence electrons. The summed E-state index contributed by atoms with van der Waals surface area (Å²) in [5.74, 6) is 0.436. The van der Waals surface area contributed by atoms with Gasteiger partial charge in [0.1, 0.15) is 0 Å². The first-order chi connectivity index (χ1) is 8.25. The molecule has 0 spiro atoms. The van der Waals surface area contributed by atoms with E-state index in [1.54, 1.807) is 0 Å². The number of nitrogens with one attached hydrogen (secondary N) is 2. The molecule has 0 aromatic heterocycles. The molecule has 17 heavy (non-hydrogen) atoms. The van der Waals surface area contributed by atoms with E-state index in [-0.39, 0.29) is 11.8 Å². The normalized spacial score (nSPS) is 23.9. The van der Waals surface area contributed by atoms with Gasteiger partial charge in [0.2, 0.25) is 5.91 Å². The van der Waals surface area contributed by atoms with Gasteiger partial charge < -0.3 is 10.6 Å². The predicted molar refractivity (Wildman–Crippen MR) is 72.0 cm³/mol. The Hall–Kier alpha value is -0.570. The van der Waals surface area contributed by atoms with Crippen LogP contribution in [0.3, 0.4) is 0 Å².